The Labute approximate surface area is 134 Å². The van der Waals surface area contributed by atoms with E-state index >= 15 is 0 Å². The van der Waals surface area contributed by atoms with Crippen molar-refractivity contribution >= 4 is 17.5 Å². The van der Waals surface area contributed by atoms with Crippen LogP contribution in [0, 0.1) is 25.7 Å². The monoisotopic (exact) mass is 313 g/mol. The van der Waals surface area contributed by atoms with Gasteiger partial charge in [0.15, 0.2) is 0 Å². The maximum Gasteiger partial charge on any atom is 0.241 e. The SMILES string of the molecule is Cc1ccc(N2C(=O)[C@@H]3[C@H](C2=O)[C@]2(CO)C=C[C@@]3(C)O2)c(C)c1. The lowest BCUT2D eigenvalue weighted by atomic mass is 9.73. The van der Waals surface area contributed by atoms with E-state index in [0.717, 1.165) is 11.1 Å². The van der Waals surface area contributed by atoms with Crippen molar-refractivity contribution in [2.75, 3.05) is 11.5 Å². The molecular weight excluding hydrogens is 294 g/mol. The molecule has 5 nitrogen and oxygen atoms in total. The molecule has 0 aliphatic carbocycles. The Morgan fingerprint density at radius 3 is 2.52 bits per heavy atom. The number of aliphatic hydroxyl groups is 1. The van der Waals surface area contributed by atoms with E-state index in [-0.39, 0.29) is 18.4 Å². The van der Waals surface area contributed by atoms with Crippen molar-refractivity contribution < 1.29 is 19.4 Å². The fourth-order valence-corrected chi connectivity index (χ4v) is 4.33. The molecule has 1 aromatic carbocycles. The van der Waals surface area contributed by atoms with E-state index < -0.39 is 23.0 Å². The minimum atomic E-state index is -1.07. The fraction of sp³-hybridized carbons (Fsp3) is 0.444. The quantitative estimate of drug-likeness (QED) is 0.664. The van der Waals surface area contributed by atoms with Gasteiger partial charge in [0.1, 0.15) is 5.60 Å². The summed E-state index contributed by atoms with van der Waals surface area (Å²) in [6.07, 6.45) is 3.55. The third-order valence-corrected chi connectivity index (χ3v) is 5.40. The Morgan fingerprint density at radius 2 is 1.87 bits per heavy atom. The number of benzene rings is 1. The standard InChI is InChI=1S/C18H19NO4/c1-10-4-5-12(11(2)8-10)19-15(21)13-14(16(19)22)18(9-20)7-6-17(13,3)23-18/h4-8,13-14,20H,9H2,1-3H3/t13-,14+,17+,18+/m0/s1. The molecular formula is C18H19NO4. The lowest BCUT2D eigenvalue weighted by Crippen LogP contribution is -2.43. The molecule has 3 aliphatic rings. The molecule has 0 spiro atoms. The van der Waals surface area contributed by atoms with E-state index in [9.17, 15) is 14.7 Å². The summed E-state index contributed by atoms with van der Waals surface area (Å²) in [5, 5.41) is 9.80. The zero-order chi connectivity index (χ0) is 16.6. The van der Waals surface area contributed by atoms with Crippen LogP contribution in [0.1, 0.15) is 18.1 Å². The van der Waals surface area contributed by atoms with Crippen LogP contribution in [0.4, 0.5) is 5.69 Å². The smallest absolute Gasteiger partial charge is 0.241 e. The normalized spacial score (nSPS) is 37.8. The van der Waals surface area contributed by atoms with Crippen LogP contribution in [0.5, 0.6) is 0 Å². The van der Waals surface area contributed by atoms with E-state index in [1.807, 2.05) is 39.0 Å². The Bertz CT molecular complexity index is 770. The van der Waals surface area contributed by atoms with E-state index in [2.05, 4.69) is 0 Å². The van der Waals surface area contributed by atoms with Gasteiger partial charge in [0.05, 0.1) is 29.7 Å². The number of aliphatic hydroxyl groups excluding tert-OH is 1. The summed E-state index contributed by atoms with van der Waals surface area (Å²) in [6.45, 7) is 5.37. The lowest BCUT2D eigenvalue weighted by molar-refractivity contribution is -0.131. The highest BCUT2D eigenvalue weighted by Gasteiger charge is 2.72. The second kappa shape index (κ2) is 4.30. The van der Waals surface area contributed by atoms with Crippen LogP contribution in [-0.4, -0.2) is 34.7 Å². The maximum absolute atomic E-state index is 13.0. The van der Waals surface area contributed by atoms with Crippen molar-refractivity contribution in [3.05, 3.63) is 41.5 Å². The molecule has 0 radical (unpaired) electrons. The van der Waals surface area contributed by atoms with Crippen LogP contribution in [0.3, 0.4) is 0 Å². The van der Waals surface area contributed by atoms with Crippen LogP contribution < -0.4 is 4.90 Å². The molecule has 2 amide bonds. The number of fused-ring (bicyclic) bond motifs is 5. The summed E-state index contributed by atoms with van der Waals surface area (Å²) in [7, 11) is 0. The average Bonchev–Trinajstić information content (AvgIpc) is 3.07. The Morgan fingerprint density at radius 1 is 1.17 bits per heavy atom. The molecule has 0 aromatic heterocycles. The summed E-state index contributed by atoms with van der Waals surface area (Å²) >= 11 is 0. The Kier molecular flexibility index (Phi) is 2.73. The number of imide groups is 1. The molecule has 2 saturated heterocycles. The number of hydrogen-bond donors (Lipinski definition) is 1. The minimum absolute atomic E-state index is 0.242. The van der Waals surface area contributed by atoms with Gasteiger partial charge in [-0.25, -0.2) is 4.90 Å². The summed E-state index contributed by atoms with van der Waals surface area (Å²) in [5.74, 6) is -1.76. The summed E-state index contributed by atoms with van der Waals surface area (Å²) < 4.78 is 5.91. The number of carbonyl (C=O) groups is 2. The predicted octanol–water partition coefficient (Wildman–Crippen LogP) is 1.50. The molecule has 2 bridgehead atoms. The van der Waals surface area contributed by atoms with Crippen molar-refractivity contribution in [3.8, 4) is 0 Å². The lowest BCUT2D eigenvalue weighted by Gasteiger charge is -2.27. The predicted molar refractivity (Wildman–Crippen MR) is 83.8 cm³/mol. The maximum atomic E-state index is 13.0. The molecule has 23 heavy (non-hydrogen) atoms. The molecule has 1 N–H and O–H groups in total. The first-order valence-corrected chi connectivity index (χ1v) is 7.79. The molecule has 0 saturated carbocycles. The van der Waals surface area contributed by atoms with Crippen molar-refractivity contribution in [2.45, 2.75) is 32.0 Å². The van der Waals surface area contributed by atoms with E-state index in [0.29, 0.717) is 5.69 Å². The van der Waals surface area contributed by atoms with E-state index in [4.69, 9.17) is 4.74 Å². The molecule has 3 heterocycles. The first-order valence-electron chi connectivity index (χ1n) is 7.79. The van der Waals surface area contributed by atoms with Crippen molar-refractivity contribution in [2.24, 2.45) is 11.8 Å². The summed E-state index contributed by atoms with van der Waals surface area (Å²) in [4.78, 5) is 27.3. The Balaban J connectivity index is 1.83. The fourth-order valence-electron chi connectivity index (χ4n) is 4.33. The highest BCUT2D eigenvalue weighted by atomic mass is 16.5. The zero-order valence-electron chi connectivity index (χ0n) is 13.4. The molecule has 4 atom stereocenters. The Hall–Kier alpha value is -1.98. The molecule has 120 valence electrons. The number of anilines is 1. The van der Waals surface area contributed by atoms with Crippen molar-refractivity contribution in [1.82, 2.24) is 0 Å². The molecule has 5 heteroatoms. The number of hydrogen-bond acceptors (Lipinski definition) is 4. The third-order valence-electron chi connectivity index (χ3n) is 5.40. The molecule has 1 aromatic rings. The van der Waals surface area contributed by atoms with Gasteiger partial charge >= 0.3 is 0 Å². The van der Waals surface area contributed by atoms with Crippen molar-refractivity contribution in [3.63, 3.8) is 0 Å². The van der Waals surface area contributed by atoms with Crippen LogP contribution in [0.25, 0.3) is 0 Å². The number of carbonyl (C=O) groups excluding carboxylic acids is 2. The van der Waals surface area contributed by atoms with Crippen LogP contribution in [0.2, 0.25) is 0 Å². The average molecular weight is 313 g/mol. The summed E-state index contributed by atoms with van der Waals surface area (Å²) in [5.41, 5.74) is 0.689. The molecule has 4 rings (SSSR count). The summed E-state index contributed by atoms with van der Waals surface area (Å²) in [6, 6.07) is 5.66. The number of nitrogens with zero attached hydrogens (tertiary/aromatic N) is 1. The molecule has 3 aliphatic heterocycles. The third kappa shape index (κ3) is 1.64. The van der Waals surface area contributed by atoms with Crippen LogP contribution >= 0.6 is 0 Å². The number of rotatable bonds is 2. The first-order chi connectivity index (χ1) is 10.8. The first kappa shape index (κ1) is 14.6. The van der Waals surface area contributed by atoms with E-state index in [1.165, 1.54) is 4.90 Å². The zero-order valence-corrected chi connectivity index (χ0v) is 13.4. The van der Waals surface area contributed by atoms with Gasteiger partial charge in [0.2, 0.25) is 11.8 Å². The highest BCUT2D eigenvalue weighted by molar-refractivity contribution is 6.23. The van der Waals surface area contributed by atoms with Gasteiger partial charge in [-0.3, -0.25) is 9.59 Å². The van der Waals surface area contributed by atoms with Gasteiger partial charge in [0, 0.05) is 0 Å². The van der Waals surface area contributed by atoms with Gasteiger partial charge in [0.25, 0.3) is 0 Å². The second-order valence-electron chi connectivity index (χ2n) is 6.99. The van der Waals surface area contributed by atoms with Crippen LogP contribution in [-0.2, 0) is 14.3 Å². The largest absolute Gasteiger partial charge is 0.393 e. The number of amides is 2. The molecule has 2 fully saturated rings. The van der Waals surface area contributed by atoms with Gasteiger partial charge in [-0.2, -0.15) is 0 Å². The number of aryl methyl sites for hydroxylation is 2. The second-order valence-corrected chi connectivity index (χ2v) is 6.99. The van der Waals surface area contributed by atoms with Gasteiger partial charge in [-0.05, 0) is 32.4 Å². The number of ether oxygens (including phenoxy) is 1. The van der Waals surface area contributed by atoms with E-state index in [1.54, 1.807) is 12.2 Å². The highest BCUT2D eigenvalue weighted by Crippen LogP contribution is 2.57. The van der Waals surface area contributed by atoms with Gasteiger partial charge < -0.3 is 9.84 Å². The van der Waals surface area contributed by atoms with Gasteiger partial charge in [-0.15, -0.1) is 0 Å². The topological polar surface area (TPSA) is 66.8 Å². The van der Waals surface area contributed by atoms with Gasteiger partial charge in [-0.1, -0.05) is 29.8 Å². The van der Waals surface area contributed by atoms with Crippen LogP contribution in [0.15, 0.2) is 30.4 Å². The van der Waals surface area contributed by atoms with Crippen molar-refractivity contribution in [1.29, 1.82) is 0 Å². The minimum Gasteiger partial charge on any atom is -0.393 e. The molecule has 0 unspecified atom stereocenters.